The molecule has 3 heterocycles. The van der Waals surface area contributed by atoms with E-state index in [4.69, 9.17) is 5.73 Å². The lowest BCUT2D eigenvalue weighted by atomic mass is 10.1. The first-order chi connectivity index (χ1) is 10.2. The van der Waals surface area contributed by atoms with Crippen LogP contribution < -0.4 is 15.5 Å². The number of carbonyl (C=O) groups excluding carboxylic acids is 1. The highest BCUT2D eigenvalue weighted by atomic mass is 16.2. The van der Waals surface area contributed by atoms with Gasteiger partial charge in [-0.15, -0.1) is 6.58 Å². The lowest BCUT2D eigenvalue weighted by molar-refractivity contribution is -0.117. The highest BCUT2D eigenvalue weighted by molar-refractivity contribution is 5.95. The van der Waals surface area contributed by atoms with Crippen LogP contribution in [0.15, 0.2) is 18.7 Å². The molecule has 6 heteroatoms. The summed E-state index contributed by atoms with van der Waals surface area (Å²) < 4.78 is 0. The molecule has 21 heavy (non-hydrogen) atoms. The van der Waals surface area contributed by atoms with Gasteiger partial charge in [0.05, 0.1) is 0 Å². The number of anilines is 3. The molecule has 6 nitrogen and oxygen atoms in total. The molecule has 112 valence electrons. The van der Waals surface area contributed by atoms with Crippen LogP contribution in [0.2, 0.25) is 0 Å². The number of nitrogens with zero attached hydrogens (tertiary/aromatic N) is 4. The fourth-order valence-electron chi connectivity index (χ4n) is 2.98. The van der Waals surface area contributed by atoms with E-state index >= 15 is 0 Å². The summed E-state index contributed by atoms with van der Waals surface area (Å²) in [4.78, 5) is 24.6. The van der Waals surface area contributed by atoms with Crippen molar-refractivity contribution >= 4 is 23.5 Å². The Bertz CT molecular complexity index is 553. The number of nitrogen functional groups attached to an aromatic ring is 1. The molecule has 1 aromatic heterocycles. The van der Waals surface area contributed by atoms with Crippen molar-refractivity contribution in [3.8, 4) is 0 Å². The highest BCUT2D eigenvalue weighted by Crippen LogP contribution is 2.28. The SMILES string of the molecule is C=CC1CC(=O)N(c2cc(N3CCCCC3)nc(N)n2)C1. The third-order valence-corrected chi connectivity index (χ3v) is 4.16. The van der Waals surface area contributed by atoms with Crippen molar-refractivity contribution in [3.05, 3.63) is 18.7 Å². The van der Waals surface area contributed by atoms with Gasteiger partial charge in [-0.3, -0.25) is 9.69 Å². The van der Waals surface area contributed by atoms with Crippen LogP contribution >= 0.6 is 0 Å². The summed E-state index contributed by atoms with van der Waals surface area (Å²) >= 11 is 0. The van der Waals surface area contributed by atoms with Gasteiger partial charge in [0.1, 0.15) is 11.6 Å². The monoisotopic (exact) mass is 287 g/mol. The van der Waals surface area contributed by atoms with Crippen LogP contribution in [0.1, 0.15) is 25.7 Å². The second-order valence-corrected chi connectivity index (χ2v) is 5.69. The average molecular weight is 287 g/mol. The Labute approximate surface area is 124 Å². The normalized spacial score (nSPS) is 22.7. The Morgan fingerprint density at radius 3 is 2.62 bits per heavy atom. The largest absolute Gasteiger partial charge is 0.368 e. The average Bonchev–Trinajstić information content (AvgIpc) is 2.89. The van der Waals surface area contributed by atoms with Gasteiger partial charge >= 0.3 is 0 Å². The van der Waals surface area contributed by atoms with E-state index in [1.54, 1.807) is 4.90 Å². The van der Waals surface area contributed by atoms with Crippen LogP contribution in [0, 0.1) is 5.92 Å². The molecule has 0 saturated carbocycles. The fraction of sp³-hybridized carbons (Fsp3) is 0.533. The van der Waals surface area contributed by atoms with E-state index < -0.39 is 0 Å². The number of hydrogen-bond acceptors (Lipinski definition) is 5. The number of amides is 1. The third kappa shape index (κ3) is 2.84. The van der Waals surface area contributed by atoms with Gasteiger partial charge in [-0.25, -0.2) is 0 Å². The summed E-state index contributed by atoms with van der Waals surface area (Å²) in [6.07, 6.45) is 5.91. The molecule has 1 unspecified atom stereocenters. The van der Waals surface area contributed by atoms with Gasteiger partial charge in [-0.2, -0.15) is 9.97 Å². The van der Waals surface area contributed by atoms with Gasteiger partial charge in [0, 0.05) is 38.0 Å². The van der Waals surface area contributed by atoms with E-state index in [1.807, 2.05) is 12.1 Å². The van der Waals surface area contributed by atoms with Gasteiger partial charge in [-0.1, -0.05) is 6.08 Å². The van der Waals surface area contributed by atoms with E-state index in [2.05, 4.69) is 21.4 Å². The number of piperidine rings is 1. The summed E-state index contributed by atoms with van der Waals surface area (Å²) in [5.74, 6) is 1.92. The minimum absolute atomic E-state index is 0.0718. The molecule has 1 atom stereocenters. The summed E-state index contributed by atoms with van der Waals surface area (Å²) in [5.41, 5.74) is 5.84. The molecule has 0 aromatic carbocycles. The quantitative estimate of drug-likeness (QED) is 0.854. The highest BCUT2D eigenvalue weighted by Gasteiger charge is 2.30. The molecule has 0 spiro atoms. The molecule has 1 aromatic rings. The minimum atomic E-state index is 0.0718. The maximum absolute atomic E-state index is 12.1. The van der Waals surface area contributed by atoms with Crippen LogP contribution in [0.4, 0.5) is 17.6 Å². The zero-order chi connectivity index (χ0) is 14.8. The summed E-state index contributed by atoms with van der Waals surface area (Å²) in [5, 5.41) is 0. The van der Waals surface area contributed by atoms with Crippen LogP contribution in [-0.4, -0.2) is 35.5 Å². The van der Waals surface area contributed by atoms with Gasteiger partial charge in [-0.05, 0) is 19.3 Å². The summed E-state index contributed by atoms with van der Waals surface area (Å²) in [6, 6.07) is 1.88. The van der Waals surface area contributed by atoms with Crippen molar-refractivity contribution in [2.24, 2.45) is 5.92 Å². The van der Waals surface area contributed by atoms with Gasteiger partial charge in [0.25, 0.3) is 0 Å². The molecule has 2 aliphatic rings. The maximum Gasteiger partial charge on any atom is 0.228 e. The molecule has 2 saturated heterocycles. The molecular formula is C15H21N5O. The summed E-state index contributed by atoms with van der Waals surface area (Å²) in [6.45, 7) is 6.36. The molecule has 1 amide bonds. The van der Waals surface area contributed by atoms with Crippen molar-refractivity contribution in [2.45, 2.75) is 25.7 Å². The van der Waals surface area contributed by atoms with Gasteiger partial charge in [0.2, 0.25) is 11.9 Å². The van der Waals surface area contributed by atoms with Crippen LogP contribution in [0.3, 0.4) is 0 Å². The number of rotatable bonds is 3. The number of carbonyl (C=O) groups is 1. The lowest BCUT2D eigenvalue weighted by Gasteiger charge is -2.28. The molecule has 3 rings (SSSR count). The number of hydrogen-bond donors (Lipinski definition) is 1. The second kappa shape index (κ2) is 5.71. The smallest absolute Gasteiger partial charge is 0.228 e. The third-order valence-electron chi connectivity index (χ3n) is 4.16. The first kappa shape index (κ1) is 13.9. The van der Waals surface area contributed by atoms with E-state index in [1.165, 1.54) is 19.3 Å². The molecule has 0 radical (unpaired) electrons. The molecule has 2 fully saturated rings. The van der Waals surface area contributed by atoms with E-state index in [0.29, 0.717) is 18.8 Å². The second-order valence-electron chi connectivity index (χ2n) is 5.69. The topological polar surface area (TPSA) is 75.4 Å². The van der Waals surface area contributed by atoms with Crippen LogP contribution in [0.5, 0.6) is 0 Å². The first-order valence-corrected chi connectivity index (χ1v) is 7.50. The van der Waals surface area contributed by atoms with Gasteiger partial charge in [0.15, 0.2) is 0 Å². The van der Waals surface area contributed by atoms with E-state index in [9.17, 15) is 4.79 Å². The van der Waals surface area contributed by atoms with Crippen molar-refractivity contribution in [3.63, 3.8) is 0 Å². The van der Waals surface area contributed by atoms with Crippen molar-refractivity contribution in [2.75, 3.05) is 35.2 Å². The lowest BCUT2D eigenvalue weighted by Crippen LogP contribution is -2.31. The van der Waals surface area contributed by atoms with Crippen molar-refractivity contribution in [1.29, 1.82) is 0 Å². The Hall–Kier alpha value is -2.11. The fourth-order valence-corrected chi connectivity index (χ4v) is 2.98. The van der Waals surface area contributed by atoms with Crippen molar-refractivity contribution in [1.82, 2.24) is 9.97 Å². The summed E-state index contributed by atoms with van der Waals surface area (Å²) in [7, 11) is 0. The Morgan fingerprint density at radius 1 is 1.24 bits per heavy atom. The molecule has 0 bridgehead atoms. The Morgan fingerprint density at radius 2 is 1.95 bits per heavy atom. The molecule has 2 N–H and O–H groups in total. The first-order valence-electron chi connectivity index (χ1n) is 7.50. The molecular weight excluding hydrogens is 266 g/mol. The van der Waals surface area contributed by atoms with Crippen LogP contribution in [0.25, 0.3) is 0 Å². The predicted octanol–water partition coefficient (Wildman–Crippen LogP) is 1.59. The van der Waals surface area contributed by atoms with Crippen LogP contribution in [-0.2, 0) is 4.79 Å². The zero-order valence-corrected chi connectivity index (χ0v) is 12.2. The van der Waals surface area contributed by atoms with E-state index in [0.717, 1.165) is 18.9 Å². The Balaban J connectivity index is 1.87. The molecule has 2 aliphatic heterocycles. The minimum Gasteiger partial charge on any atom is -0.368 e. The van der Waals surface area contributed by atoms with Gasteiger partial charge < -0.3 is 10.6 Å². The van der Waals surface area contributed by atoms with E-state index in [-0.39, 0.29) is 17.8 Å². The number of aromatic nitrogens is 2. The number of nitrogens with two attached hydrogens (primary N) is 1. The van der Waals surface area contributed by atoms with Crippen molar-refractivity contribution < 1.29 is 4.79 Å². The predicted molar refractivity (Wildman–Crippen MR) is 83.2 cm³/mol. The Kier molecular flexibility index (Phi) is 3.77. The zero-order valence-electron chi connectivity index (χ0n) is 12.2. The standard InChI is InChI=1S/C15H21N5O/c1-2-11-8-14(21)20(10-11)13-9-12(17-15(16)18-13)19-6-4-3-5-7-19/h2,9,11H,1,3-8,10H2,(H2,16,17,18). The molecule has 0 aliphatic carbocycles. The maximum atomic E-state index is 12.1.